The maximum atomic E-state index is 13.2. The van der Waals surface area contributed by atoms with Gasteiger partial charge in [0.15, 0.2) is 15.0 Å². The molecule has 1 aromatic heterocycles. The Labute approximate surface area is 181 Å². The smallest absolute Gasteiger partial charge is 0.260 e. The molecule has 0 atom stereocenters. The quantitative estimate of drug-likeness (QED) is 0.545. The summed E-state index contributed by atoms with van der Waals surface area (Å²) in [6.45, 7) is 2.77. The van der Waals surface area contributed by atoms with Crippen LogP contribution in [0.1, 0.15) is 17.3 Å². The highest BCUT2D eigenvalue weighted by atomic mass is 35.5. The number of sulfone groups is 1. The zero-order valence-electron chi connectivity index (χ0n) is 16.5. The number of carbonyl (C=O) groups is 1. The van der Waals surface area contributed by atoms with Crippen LogP contribution in [0.2, 0.25) is 0 Å². The third kappa shape index (κ3) is 5.33. The Balaban J connectivity index is 0.00000300. The van der Waals surface area contributed by atoms with Crippen LogP contribution in [0.25, 0.3) is 10.2 Å². The van der Waals surface area contributed by atoms with E-state index in [-0.39, 0.29) is 29.0 Å². The van der Waals surface area contributed by atoms with Gasteiger partial charge in [-0.2, -0.15) is 0 Å². The lowest BCUT2D eigenvalue weighted by Gasteiger charge is -2.22. The van der Waals surface area contributed by atoms with E-state index in [4.69, 9.17) is 0 Å². The normalized spacial score (nSPS) is 11.4. The van der Waals surface area contributed by atoms with E-state index in [0.29, 0.717) is 23.8 Å². The molecule has 0 radical (unpaired) electrons. The standard InChI is InChI=1S/C20H23N3O3S2.ClH/c1-4-28(25,26)16-11-9-15(10-12-16)19(24)23(14-13-22(2)3)20-21-17-7-5-6-8-18(17)27-20;/h5-12H,4,13-14H2,1-3H3;1H. The van der Waals surface area contributed by atoms with Crippen molar-refractivity contribution in [2.75, 3.05) is 37.8 Å². The molecule has 1 amide bonds. The SMILES string of the molecule is CCS(=O)(=O)c1ccc(C(=O)N(CCN(C)C)c2nc3ccccc3s2)cc1.Cl. The molecule has 3 rings (SSSR count). The van der Waals surface area contributed by atoms with Crippen LogP contribution in [0, 0.1) is 0 Å². The second kappa shape index (κ2) is 9.67. The molecule has 29 heavy (non-hydrogen) atoms. The summed E-state index contributed by atoms with van der Waals surface area (Å²) in [7, 11) is 0.606. The molecule has 0 aliphatic carbocycles. The molecule has 0 saturated carbocycles. The lowest BCUT2D eigenvalue weighted by Crippen LogP contribution is -2.36. The number of thiazole rings is 1. The van der Waals surface area contributed by atoms with Crippen LogP contribution >= 0.6 is 23.7 Å². The number of likely N-dealkylation sites (N-methyl/N-ethyl adjacent to an activating group) is 1. The molecule has 9 heteroatoms. The highest BCUT2D eigenvalue weighted by Gasteiger charge is 2.22. The number of benzene rings is 2. The van der Waals surface area contributed by atoms with Crippen molar-refractivity contribution in [3.8, 4) is 0 Å². The van der Waals surface area contributed by atoms with E-state index in [9.17, 15) is 13.2 Å². The van der Waals surface area contributed by atoms with Gasteiger partial charge >= 0.3 is 0 Å². The Hall–Kier alpha value is -2.00. The summed E-state index contributed by atoms with van der Waals surface area (Å²) in [5.41, 5.74) is 1.29. The van der Waals surface area contributed by atoms with Gasteiger partial charge < -0.3 is 4.90 Å². The van der Waals surface area contributed by atoms with Crippen LogP contribution in [0.15, 0.2) is 53.4 Å². The molecule has 156 valence electrons. The number of aromatic nitrogens is 1. The average Bonchev–Trinajstić information content (AvgIpc) is 3.11. The van der Waals surface area contributed by atoms with Crippen LogP contribution in [0.5, 0.6) is 0 Å². The zero-order chi connectivity index (χ0) is 20.3. The molecular weight excluding hydrogens is 430 g/mol. The first kappa shape index (κ1) is 23.3. The molecule has 1 heterocycles. The van der Waals surface area contributed by atoms with Gasteiger partial charge in [-0.3, -0.25) is 9.69 Å². The average molecular weight is 454 g/mol. The molecule has 0 aliphatic rings. The van der Waals surface area contributed by atoms with Gasteiger partial charge in [0, 0.05) is 18.7 Å². The fraction of sp³-hybridized carbons (Fsp3) is 0.300. The van der Waals surface area contributed by atoms with E-state index in [1.807, 2.05) is 43.3 Å². The number of carbonyl (C=O) groups excluding carboxylic acids is 1. The van der Waals surface area contributed by atoms with Crippen molar-refractivity contribution in [1.82, 2.24) is 9.88 Å². The molecule has 0 fully saturated rings. The molecule has 0 spiro atoms. The van der Waals surface area contributed by atoms with Crippen molar-refractivity contribution in [2.24, 2.45) is 0 Å². The molecule has 0 N–H and O–H groups in total. The Kier molecular flexibility index (Phi) is 7.76. The van der Waals surface area contributed by atoms with E-state index >= 15 is 0 Å². The van der Waals surface area contributed by atoms with E-state index in [1.54, 1.807) is 24.0 Å². The Morgan fingerprint density at radius 2 is 1.69 bits per heavy atom. The first-order chi connectivity index (χ1) is 13.3. The Morgan fingerprint density at radius 3 is 2.28 bits per heavy atom. The first-order valence-electron chi connectivity index (χ1n) is 8.97. The summed E-state index contributed by atoms with van der Waals surface area (Å²) in [6.07, 6.45) is 0. The van der Waals surface area contributed by atoms with E-state index in [0.717, 1.165) is 10.2 Å². The van der Waals surface area contributed by atoms with E-state index < -0.39 is 9.84 Å². The summed E-state index contributed by atoms with van der Waals surface area (Å²) < 4.78 is 25.0. The minimum Gasteiger partial charge on any atom is -0.308 e. The monoisotopic (exact) mass is 453 g/mol. The summed E-state index contributed by atoms with van der Waals surface area (Å²) in [5.74, 6) is -0.164. The van der Waals surface area contributed by atoms with Gasteiger partial charge in [-0.25, -0.2) is 13.4 Å². The third-order valence-electron chi connectivity index (χ3n) is 4.37. The van der Waals surface area contributed by atoms with Crippen LogP contribution in [-0.4, -0.2) is 57.1 Å². The van der Waals surface area contributed by atoms with Crippen LogP contribution < -0.4 is 4.90 Å². The van der Waals surface area contributed by atoms with Crippen LogP contribution in [-0.2, 0) is 9.84 Å². The van der Waals surface area contributed by atoms with Crippen molar-refractivity contribution in [3.63, 3.8) is 0 Å². The second-order valence-electron chi connectivity index (χ2n) is 6.65. The maximum absolute atomic E-state index is 13.2. The molecule has 2 aromatic carbocycles. The van der Waals surface area contributed by atoms with Crippen molar-refractivity contribution in [1.29, 1.82) is 0 Å². The topological polar surface area (TPSA) is 70.6 Å². The Bertz CT molecular complexity index is 1050. The number of rotatable bonds is 7. The van der Waals surface area contributed by atoms with Gasteiger partial charge in [0.1, 0.15) is 0 Å². The lowest BCUT2D eigenvalue weighted by molar-refractivity contribution is 0.0985. The molecule has 0 bridgehead atoms. The van der Waals surface area contributed by atoms with Gasteiger partial charge in [0.05, 0.1) is 20.9 Å². The van der Waals surface area contributed by atoms with Gasteiger partial charge in [-0.1, -0.05) is 30.4 Å². The highest BCUT2D eigenvalue weighted by Crippen LogP contribution is 2.29. The Morgan fingerprint density at radius 1 is 1.03 bits per heavy atom. The molecule has 0 saturated heterocycles. The van der Waals surface area contributed by atoms with Crippen molar-refractivity contribution in [3.05, 3.63) is 54.1 Å². The minimum atomic E-state index is -3.29. The van der Waals surface area contributed by atoms with Gasteiger partial charge in [-0.05, 0) is 50.5 Å². The van der Waals surface area contributed by atoms with Gasteiger partial charge in [-0.15, -0.1) is 12.4 Å². The number of fused-ring (bicyclic) bond motifs is 1. The van der Waals surface area contributed by atoms with Crippen molar-refractivity contribution < 1.29 is 13.2 Å². The number of hydrogen-bond acceptors (Lipinski definition) is 6. The number of nitrogens with zero attached hydrogens (tertiary/aromatic N) is 3. The summed E-state index contributed by atoms with van der Waals surface area (Å²) >= 11 is 1.47. The van der Waals surface area contributed by atoms with E-state index in [2.05, 4.69) is 4.98 Å². The predicted molar refractivity (Wildman–Crippen MR) is 121 cm³/mol. The molecule has 0 aliphatic heterocycles. The molecule has 0 unspecified atom stereocenters. The van der Waals surface area contributed by atoms with Crippen LogP contribution in [0.4, 0.5) is 5.13 Å². The summed E-state index contributed by atoms with van der Waals surface area (Å²) in [6, 6.07) is 13.9. The van der Waals surface area contributed by atoms with Crippen molar-refractivity contribution in [2.45, 2.75) is 11.8 Å². The minimum absolute atomic E-state index is 0. The summed E-state index contributed by atoms with van der Waals surface area (Å²) in [5, 5.41) is 0.637. The third-order valence-corrected chi connectivity index (χ3v) is 7.18. The van der Waals surface area contributed by atoms with Gasteiger partial charge in [0.25, 0.3) is 5.91 Å². The first-order valence-corrected chi connectivity index (χ1v) is 11.4. The number of anilines is 1. The number of halogens is 1. The second-order valence-corrected chi connectivity index (χ2v) is 9.94. The van der Waals surface area contributed by atoms with Crippen molar-refractivity contribution >= 4 is 54.8 Å². The van der Waals surface area contributed by atoms with E-state index in [1.165, 1.54) is 23.5 Å². The number of para-hydroxylation sites is 1. The highest BCUT2D eigenvalue weighted by molar-refractivity contribution is 7.91. The zero-order valence-corrected chi connectivity index (χ0v) is 19.0. The fourth-order valence-corrected chi connectivity index (χ4v) is 4.56. The molecule has 3 aromatic rings. The number of amides is 1. The molecular formula is C20H24ClN3O3S2. The maximum Gasteiger partial charge on any atom is 0.260 e. The predicted octanol–water partition coefficient (Wildman–Crippen LogP) is 3.72. The lowest BCUT2D eigenvalue weighted by atomic mass is 10.2. The number of hydrogen-bond donors (Lipinski definition) is 0. The molecule has 6 nitrogen and oxygen atoms in total. The summed E-state index contributed by atoms with van der Waals surface area (Å²) in [4.78, 5) is 21.7. The van der Waals surface area contributed by atoms with Crippen LogP contribution in [0.3, 0.4) is 0 Å². The largest absolute Gasteiger partial charge is 0.308 e. The fourth-order valence-electron chi connectivity index (χ4n) is 2.69. The van der Waals surface area contributed by atoms with Gasteiger partial charge in [0.2, 0.25) is 0 Å².